The highest BCUT2D eigenvalue weighted by molar-refractivity contribution is 5.79. The summed E-state index contributed by atoms with van der Waals surface area (Å²) in [5.41, 5.74) is 4.63. The van der Waals surface area contributed by atoms with Gasteiger partial charge in [0.25, 0.3) is 0 Å². The monoisotopic (exact) mass is 381 g/mol. The molecule has 0 aliphatic carbocycles. The highest BCUT2D eigenvalue weighted by Crippen LogP contribution is 2.18. The molecule has 6 heteroatoms. The van der Waals surface area contributed by atoms with Crippen LogP contribution in [0.25, 0.3) is 0 Å². The van der Waals surface area contributed by atoms with E-state index in [2.05, 4.69) is 77.9 Å². The average Bonchev–Trinajstić information content (AvgIpc) is 3.40. The van der Waals surface area contributed by atoms with Gasteiger partial charge in [-0.3, -0.25) is 0 Å². The summed E-state index contributed by atoms with van der Waals surface area (Å²) in [5.74, 6) is 1.76. The Morgan fingerprint density at radius 3 is 2.46 bits per heavy atom. The molecule has 0 saturated heterocycles. The fraction of sp³-hybridized carbons (Fsp3) is 0.455. The van der Waals surface area contributed by atoms with Gasteiger partial charge in [-0.15, -0.1) is 0 Å². The molecule has 0 amide bonds. The summed E-state index contributed by atoms with van der Waals surface area (Å²) in [6.07, 6.45) is 6.12. The molecule has 1 aromatic heterocycles. The standard InChI is InChI=1S/C22H31N5O/c1-4-20-19(21(5-2)28-26-20)16-25-22(23-6-3)24-15-17-9-11-18(12-10-17)27-13-7-8-14-27/h7-12H,4-6,13-16H2,1-3H3,(H2,23,24,25). The van der Waals surface area contributed by atoms with Gasteiger partial charge in [-0.2, -0.15) is 0 Å². The van der Waals surface area contributed by atoms with Crippen molar-refractivity contribution in [1.29, 1.82) is 0 Å². The van der Waals surface area contributed by atoms with Crippen LogP contribution in [0.4, 0.5) is 5.69 Å². The lowest BCUT2D eigenvalue weighted by atomic mass is 10.1. The number of guanidine groups is 1. The molecule has 1 aliphatic rings. The van der Waals surface area contributed by atoms with Crippen LogP contribution in [0.1, 0.15) is 43.4 Å². The summed E-state index contributed by atoms with van der Waals surface area (Å²) in [4.78, 5) is 7.08. The van der Waals surface area contributed by atoms with Crippen LogP contribution in [0.3, 0.4) is 0 Å². The molecule has 0 atom stereocenters. The van der Waals surface area contributed by atoms with Gasteiger partial charge in [0.2, 0.25) is 0 Å². The Labute approximate surface area is 167 Å². The number of aliphatic imine (C=N–C) groups is 1. The molecule has 2 N–H and O–H groups in total. The van der Waals surface area contributed by atoms with Gasteiger partial charge in [0.15, 0.2) is 5.96 Å². The summed E-state index contributed by atoms with van der Waals surface area (Å²) >= 11 is 0. The summed E-state index contributed by atoms with van der Waals surface area (Å²) < 4.78 is 5.45. The first-order valence-corrected chi connectivity index (χ1v) is 10.2. The van der Waals surface area contributed by atoms with Crippen LogP contribution >= 0.6 is 0 Å². The lowest BCUT2D eigenvalue weighted by molar-refractivity contribution is 0.380. The summed E-state index contributed by atoms with van der Waals surface area (Å²) in [7, 11) is 0. The second-order valence-electron chi connectivity index (χ2n) is 6.83. The van der Waals surface area contributed by atoms with E-state index < -0.39 is 0 Å². The van der Waals surface area contributed by atoms with Crippen molar-refractivity contribution in [3.63, 3.8) is 0 Å². The third-order valence-electron chi connectivity index (χ3n) is 4.92. The maximum atomic E-state index is 5.45. The number of benzene rings is 1. The lowest BCUT2D eigenvalue weighted by Gasteiger charge is -2.17. The number of nitrogens with zero attached hydrogens (tertiary/aromatic N) is 3. The predicted octanol–water partition coefficient (Wildman–Crippen LogP) is 3.43. The largest absolute Gasteiger partial charge is 0.364 e. The number of hydrogen-bond donors (Lipinski definition) is 2. The molecule has 0 unspecified atom stereocenters. The minimum Gasteiger partial charge on any atom is -0.364 e. The summed E-state index contributed by atoms with van der Waals surface area (Å²) in [6.45, 7) is 10.4. The maximum absolute atomic E-state index is 5.45. The number of rotatable bonds is 8. The molecule has 3 rings (SSSR count). The van der Waals surface area contributed by atoms with Gasteiger partial charge in [0.1, 0.15) is 5.76 Å². The van der Waals surface area contributed by atoms with Crippen molar-refractivity contribution < 1.29 is 4.52 Å². The highest BCUT2D eigenvalue weighted by Gasteiger charge is 2.13. The quantitative estimate of drug-likeness (QED) is 0.417. The Bertz CT molecular complexity index is 777. The fourth-order valence-electron chi connectivity index (χ4n) is 3.32. The zero-order chi connectivity index (χ0) is 19.8. The molecule has 150 valence electrons. The molecular formula is C22H31N5O. The topological polar surface area (TPSA) is 65.7 Å². The number of hydrogen-bond acceptors (Lipinski definition) is 4. The van der Waals surface area contributed by atoms with Gasteiger partial charge < -0.3 is 20.1 Å². The Hall–Kier alpha value is -2.76. The molecule has 0 radical (unpaired) electrons. The van der Waals surface area contributed by atoms with Gasteiger partial charge in [-0.05, 0) is 31.0 Å². The number of aryl methyl sites for hydroxylation is 2. The van der Waals surface area contributed by atoms with Crippen molar-refractivity contribution in [2.24, 2.45) is 4.99 Å². The molecular weight excluding hydrogens is 350 g/mol. The predicted molar refractivity (Wildman–Crippen MR) is 115 cm³/mol. The Kier molecular flexibility index (Phi) is 7.12. The molecule has 0 saturated carbocycles. The van der Waals surface area contributed by atoms with Crippen LogP contribution in [-0.4, -0.2) is 30.8 Å². The van der Waals surface area contributed by atoms with E-state index in [-0.39, 0.29) is 0 Å². The molecule has 0 spiro atoms. The van der Waals surface area contributed by atoms with Crippen molar-refractivity contribution in [2.75, 3.05) is 24.5 Å². The van der Waals surface area contributed by atoms with Crippen molar-refractivity contribution in [3.05, 3.63) is 59.0 Å². The molecule has 0 bridgehead atoms. The van der Waals surface area contributed by atoms with Crippen LogP contribution in [0.5, 0.6) is 0 Å². The van der Waals surface area contributed by atoms with Gasteiger partial charge in [-0.1, -0.05) is 43.3 Å². The van der Waals surface area contributed by atoms with E-state index in [1.807, 2.05) is 0 Å². The molecule has 1 aliphatic heterocycles. The number of aromatic nitrogens is 1. The van der Waals surface area contributed by atoms with Gasteiger partial charge in [-0.25, -0.2) is 4.99 Å². The first-order valence-electron chi connectivity index (χ1n) is 10.2. The zero-order valence-electron chi connectivity index (χ0n) is 17.2. The Balaban J connectivity index is 1.61. The number of nitrogens with one attached hydrogen (secondary N) is 2. The molecule has 28 heavy (non-hydrogen) atoms. The third kappa shape index (κ3) is 4.94. The maximum Gasteiger partial charge on any atom is 0.191 e. The van der Waals surface area contributed by atoms with Crippen LogP contribution in [0, 0.1) is 0 Å². The SMILES string of the molecule is CCNC(=NCc1ccc(N2CC=CC2)cc1)NCc1c(CC)noc1CC. The Morgan fingerprint density at radius 2 is 1.82 bits per heavy atom. The molecule has 0 fully saturated rings. The fourth-order valence-corrected chi connectivity index (χ4v) is 3.32. The van der Waals surface area contributed by atoms with Gasteiger partial charge >= 0.3 is 0 Å². The second kappa shape index (κ2) is 9.97. The van der Waals surface area contributed by atoms with E-state index >= 15 is 0 Å². The van der Waals surface area contributed by atoms with Crippen molar-refractivity contribution >= 4 is 11.6 Å². The Morgan fingerprint density at radius 1 is 1.07 bits per heavy atom. The van der Waals surface area contributed by atoms with E-state index in [1.165, 1.54) is 11.3 Å². The van der Waals surface area contributed by atoms with Crippen molar-refractivity contribution in [2.45, 2.75) is 46.7 Å². The van der Waals surface area contributed by atoms with Crippen LogP contribution in [0.15, 0.2) is 45.9 Å². The minimum atomic E-state index is 0.638. The molecule has 1 aromatic carbocycles. The smallest absolute Gasteiger partial charge is 0.191 e. The van der Waals surface area contributed by atoms with E-state index in [0.717, 1.165) is 55.5 Å². The second-order valence-corrected chi connectivity index (χ2v) is 6.83. The van der Waals surface area contributed by atoms with Gasteiger partial charge in [0.05, 0.1) is 12.2 Å². The average molecular weight is 382 g/mol. The first-order chi connectivity index (χ1) is 13.7. The third-order valence-corrected chi connectivity index (χ3v) is 4.92. The van der Waals surface area contributed by atoms with E-state index in [1.54, 1.807) is 0 Å². The van der Waals surface area contributed by atoms with E-state index in [9.17, 15) is 0 Å². The van der Waals surface area contributed by atoms with Crippen molar-refractivity contribution in [1.82, 2.24) is 15.8 Å². The normalized spacial score (nSPS) is 14.0. The van der Waals surface area contributed by atoms with E-state index in [4.69, 9.17) is 9.52 Å². The molecule has 6 nitrogen and oxygen atoms in total. The highest BCUT2D eigenvalue weighted by atomic mass is 16.5. The van der Waals surface area contributed by atoms with Crippen molar-refractivity contribution in [3.8, 4) is 0 Å². The number of anilines is 1. The minimum absolute atomic E-state index is 0.638. The molecule has 2 aromatic rings. The van der Waals surface area contributed by atoms with E-state index in [0.29, 0.717) is 13.1 Å². The summed E-state index contributed by atoms with van der Waals surface area (Å²) in [5, 5.41) is 10.9. The van der Waals surface area contributed by atoms with Gasteiger partial charge in [0, 0.05) is 43.9 Å². The van der Waals surface area contributed by atoms with Crippen LogP contribution < -0.4 is 15.5 Å². The summed E-state index contributed by atoms with van der Waals surface area (Å²) in [6, 6.07) is 8.67. The molecule has 2 heterocycles. The lowest BCUT2D eigenvalue weighted by Crippen LogP contribution is -2.37. The first kappa shape index (κ1) is 20.0. The van der Waals surface area contributed by atoms with Crippen LogP contribution in [0.2, 0.25) is 0 Å². The van der Waals surface area contributed by atoms with Crippen LogP contribution in [-0.2, 0) is 25.9 Å². The zero-order valence-corrected chi connectivity index (χ0v) is 17.2.